The maximum absolute atomic E-state index is 12.2. The molecule has 0 spiro atoms. The van der Waals surface area contributed by atoms with Crippen LogP contribution in [-0.4, -0.2) is 35.9 Å². The Kier molecular flexibility index (Phi) is 3.57. The van der Waals surface area contributed by atoms with Crippen LogP contribution in [0.4, 0.5) is 0 Å². The zero-order chi connectivity index (χ0) is 14.0. The highest BCUT2D eigenvalue weighted by molar-refractivity contribution is 6.02. The summed E-state index contributed by atoms with van der Waals surface area (Å²) in [6.07, 6.45) is 0. The predicted molar refractivity (Wildman–Crippen MR) is 70.6 cm³/mol. The van der Waals surface area contributed by atoms with Crippen molar-refractivity contribution in [3.05, 3.63) is 29.8 Å². The zero-order valence-electron chi connectivity index (χ0n) is 11.4. The molecule has 0 aromatic heterocycles. The molecule has 2 rings (SSSR count). The van der Waals surface area contributed by atoms with Gasteiger partial charge in [-0.1, -0.05) is 12.1 Å². The molecule has 1 heterocycles. The number of hydrogen-bond acceptors (Lipinski definition) is 4. The summed E-state index contributed by atoms with van der Waals surface area (Å²) in [6.45, 7) is 4.05. The average molecular weight is 262 g/mol. The number of amides is 2. The fourth-order valence-corrected chi connectivity index (χ4v) is 1.99. The van der Waals surface area contributed by atoms with Gasteiger partial charge in [0.25, 0.3) is 0 Å². The molecule has 1 saturated heterocycles. The van der Waals surface area contributed by atoms with Crippen LogP contribution >= 0.6 is 0 Å². The van der Waals surface area contributed by atoms with Gasteiger partial charge in [-0.3, -0.25) is 19.8 Å². The van der Waals surface area contributed by atoms with Crippen molar-refractivity contribution in [2.24, 2.45) is 0 Å². The van der Waals surface area contributed by atoms with Gasteiger partial charge in [0.2, 0.25) is 11.8 Å². The molecule has 19 heavy (non-hydrogen) atoms. The molecule has 1 aromatic rings. The van der Waals surface area contributed by atoms with E-state index in [4.69, 9.17) is 4.74 Å². The third-order valence-electron chi connectivity index (χ3n) is 3.26. The number of imide groups is 1. The molecule has 0 bridgehead atoms. The van der Waals surface area contributed by atoms with E-state index in [1.165, 1.54) is 4.90 Å². The van der Waals surface area contributed by atoms with Gasteiger partial charge >= 0.3 is 0 Å². The first kappa shape index (κ1) is 13.5. The first-order chi connectivity index (χ1) is 8.94. The fourth-order valence-electron chi connectivity index (χ4n) is 1.99. The predicted octanol–water partition coefficient (Wildman–Crippen LogP) is 0.932. The summed E-state index contributed by atoms with van der Waals surface area (Å²) < 4.78 is 5.08. The highest BCUT2D eigenvalue weighted by atomic mass is 16.5. The summed E-state index contributed by atoms with van der Waals surface area (Å²) in [5, 5.41) is 2.93. The second kappa shape index (κ2) is 5.01. The van der Waals surface area contributed by atoms with Crippen LogP contribution in [-0.2, 0) is 16.1 Å². The van der Waals surface area contributed by atoms with Crippen LogP contribution < -0.4 is 10.1 Å². The van der Waals surface area contributed by atoms with Gasteiger partial charge < -0.3 is 4.74 Å². The summed E-state index contributed by atoms with van der Waals surface area (Å²) in [5.74, 6) is 0.363. The van der Waals surface area contributed by atoms with Crippen molar-refractivity contribution in [1.82, 2.24) is 10.2 Å². The molecule has 5 heteroatoms. The Morgan fingerprint density at radius 3 is 2.47 bits per heavy atom. The lowest BCUT2D eigenvalue weighted by Gasteiger charge is -2.36. The van der Waals surface area contributed by atoms with Crippen LogP contribution in [0.5, 0.6) is 5.75 Å². The van der Waals surface area contributed by atoms with Crippen molar-refractivity contribution < 1.29 is 14.3 Å². The van der Waals surface area contributed by atoms with E-state index in [0.717, 1.165) is 11.3 Å². The van der Waals surface area contributed by atoms with Gasteiger partial charge in [-0.2, -0.15) is 0 Å². The molecular formula is C14H18N2O3. The highest BCUT2D eigenvalue weighted by Gasteiger charge is 2.39. The fraction of sp³-hybridized carbons (Fsp3) is 0.429. The molecule has 102 valence electrons. The molecule has 0 saturated carbocycles. The van der Waals surface area contributed by atoms with E-state index in [2.05, 4.69) is 5.32 Å². The molecule has 2 amide bonds. The zero-order valence-corrected chi connectivity index (χ0v) is 11.4. The normalized spacial score (nSPS) is 18.6. The monoisotopic (exact) mass is 262 g/mol. The number of carbonyl (C=O) groups is 2. The molecule has 0 unspecified atom stereocenters. The lowest BCUT2D eigenvalue weighted by Crippen LogP contribution is -2.63. The van der Waals surface area contributed by atoms with Crippen molar-refractivity contribution in [2.75, 3.05) is 13.7 Å². The number of benzene rings is 1. The summed E-state index contributed by atoms with van der Waals surface area (Å²) in [7, 11) is 1.60. The summed E-state index contributed by atoms with van der Waals surface area (Å²) >= 11 is 0. The van der Waals surface area contributed by atoms with Crippen LogP contribution in [0.3, 0.4) is 0 Å². The molecule has 0 radical (unpaired) electrons. The molecule has 1 aromatic carbocycles. The minimum Gasteiger partial charge on any atom is -0.497 e. The molecule has 1 fully saturated rings. The highest BCUT2D eigenvalue weighted by Crippen LogP contribution is 2.18. The third-order valence-corrected chi connectivity index (χ3v) is 3.26. The Hall–Kier alpha value is -1.88. The van der Waals surface area contributed by atoms with Gasteiger partial charge in [0.1, 0.15) is 5.75 Å². The average Bonchev–Trinajstić information content (AvgIpc) is 2.40. The minimum atomic E-state index is -0.694. The van der Waals surface area contributed by atoms with E-state index in [-0.39, 0.29) is 18.4 Å². The van der Waals surface area contributed by atoms with Crippen LogP contribution in [0.1, 0.15) is 19.4 Å². The standard InChI is InChI=1S/C14H18N2O3/c1-14(2)13(18)16(12(17)8-15-14)9-10-4-6-11(19-3)7-5-10/h4-7,15H,8-9H2,1-3H3. The van der Waals surface area contributed by atoms with E-state index < -0.39 is 5.54 Å². The minimum absolute atomic E-state index is 0.189. The number of rotatable bonds is 3. The van der Waals surface area contributed by atoms with E-state index in [9.17, 15) is 9.59 Å². The molecule has 5 nitrogen and oxygen atoms in total. The molecule has 0 atom stereocenters. The van der Waals surface area contributed by atoms with E-state index >= 15 is 0 Å². The van der Waals surface area contributed by atoms with Crippen molar-refractivity contribution in [3.8, 4) is 5.75 Å². The summed E-state index contributed by atoms with van der Waals surface area (Å²) in [5.41, 5.74) is 0.209. The summed E-state index contributed by atoms with van der Waals surface area (Å²) in [6, 6.07) is 7.35. The van der Waals surface area contributed by atoms with Crippen LogP contribution in [0.25, 0.3) is 0 Å². The van der Waals surface area contributed by atoms with Crippen molar-refractivity contribution >= 4 is 11.8 Å². The topological polar surface area (TPSA) is 58.6 Å². The van der Waals surface area contributed by atoms with Gasteiger partial charge in [-0.25, -0.2) is 0 Å². The molecule has 1 N–H and O–H groups in total. The van der Waals surface area contributed by atoms with Gasteiger partial charge in [-0.15, -0.1) is 0 Å². The number of nitrogens with one attached hydrogen (secondary N) is 1. The number of hydrogen-bond donors (Lipinski definition) is 1. The largest absolute Gasteiger partial charge is 0.497 e. The third kappa shape index (κ3) is 2.76. The number of methoxy groups -OCH3 is 1. The van der Waals surface area contributed by atoms with Crippen LogP contribution in [0.15, 0.2) is 24.3 Å². The Balaban J connectivity index is 2.15. The maximum atomic E-state index is 12.2. The summed E-state index contributed by atoms with van der Waals surface area (Å²) in [4.78, 5) is 25.3. The number of piperazine rings is 1. The number of carbonyl (C=O) groups excluding carboxylic acids is 2. The van der Waals surface area contributed by atoms with Gasteiger partial charge in [0.15, 0.2) is 0 Å². The SMILES string of the molecule is COc1ccc(CN2C(=O)CNC(C)(C)C2=O)cc1. The lowest BCUT2D eigenvalue weighted by atomic mass is 10.00. The van der Waals surface area contributed by atoms with Crippen LogP contribution in [0, 0.1) is 0 Å². The molecule has 0 aliphatic carbocycles. The smallest absolute Gasteiger partial charge is 0.249 e. The second-order valence-corrected chi connectivity index (χ2v) is 5.11. The first-order valence-electron chi connectivity index (χ1n) is 6.17. The Labute approximate surface area is 112 Å². The second-order valence-electron chi connectivity index (χ2n) is 5.11. The maximum Gasteiger partial charge on any atom is 0.249 e. The van der Waals surface area contributed by atoms with Crippen LogP contribution in [0.2, 0.25) is 0 Å². The Bertz CT molecular complexity index is 494. The van der Waals surface area contributed by atoms with E-state index in [1.807, 2.05) is 24.3 Å². The van der Waals surface area contributed by atoms with Crippen molar-refractivity contribution in [2.45, 2.75) is 25.9 Å². The molecule has 1 aliphatic heterocycles. The van der Waals surface area contributed by atoms with Crippen molar-refractivity contribution in [3.63, 3.8) is 0 Å². The molecular weight excluding hydrogens is 244 g/mol. The van der Waals surface area contributed by atoms with E-state index in [1.54, 1.807) is 21.0 Å². The Morgan fingerprint density at radius 1 is 1.26 bits per heavy atom. The van der Waals surface area contributed by atoms with Crippen molar-refractivity contribution in [1.29, 1.82) is 0 Å². The number of ether oxygens (including phenoxy) is 1. The van der Waals surface area contributed by atoms with E-state index in [0.29, 0.717) is 6.54 Å². The molecule has 1 aliphatic rings. The Morgan fingerprint density at radius 2 is 1.89 bits per heavy atom. The first-order valence-corrected chi connectivity index (χ1v) is 6.17. The quantitative estimate of drug-likeness (QED) is 0.823. The number of nitrogens with zero attached hydrogens (tertiary/aromatic N) is 1. The lowest BCUT2D eigenvalue weighted by molar-refractivity contribution is -0.153. The van der Waals surface area contributed by atoms with Gasteiger partial charge in [0, 0.05) is 0 Å². The van der Waals surface area contributed by atoms with Gasteiger partial charge in [0.05, 0.1) is 25.7 Å². The van der Waals surface area contributed by atoms with Gasteiger partial charge in [-0.05, 0) is 31.5 Å².